The van der Waals surface area contributed by atoms with Crippen molar-refractivity contribution in [1.29, 1.82) is 0 Å². The lowest BCUT2D eigenvalue weighted by atomic mass is 10.3. The molecule has 2 atom stereocenters. The molecule has 0 spiro atoms. The number of hydrogen-bond acceptors (Lipinski definition) is 4. The van der Waals surface area contributed by atoms with Crippen molar-refractivity contribution >= 4 is 27.2 Å². The Morgan fingerprint density at radius 3 is 2.81 bits per heavy atom. The number of thiocarbonyl (C=S) groups is 1. The second-order valence-corrected chi connectivity index (χ2v) is 6.71. The molecule has 2 N–H and O–H groups in total. The normalized spacial score (nSPS) is 25.0. The summed E-state index contributed by atoms with van der Waals surface area (Å²) in [6, 6.07) is 0.0581. The Kier molecular flexibility index (Phi) is 4.94. The van der Waals surface area contributed by atoms with Crippen molar-refractivity contribution in [3.8, 4) is 0 Å². The van der Waals surface area contributed by atoms with Crippen LogP contribution in [-0.4, -0.2) is 50.8 Å². The Balaban J connectivity index is 2.30. The van der Waals surface area contributed by atoms with Crippen molar-refractivity contribution in [3.63, 3.8) is 0 Å². The molecule has 1 rings (SSSR count). The molecular formula is C9H18N2O3S2. The highest BCUT2D eigenvalue weighted by atomic mass is 32.2. The standard InChI is InChI=1S/C9H18N2O3S2/c1-7(5-14-2)10-9(15)11-8-3-4-16(12,13)6-8/h7-8H,3-6H2,1-2H3,(H2,10,11,15). The fourth-order valence-corrected chi connectivity index (χ4v) is 3.69. The molecular weight excluding hydrogens is 248 g/mol. The quantitative estimate of drug-likeness (QED) is 0.679. The van der Waals surface area contributed by atoms with Crippen LogP contribution < -0.4 is 10.6 Å². The SMILES string of the molecule is COCC(C)NC(=S)NC1CCS(=O)(=O)C1. The molecule has 1 aliphatic heterocycles. The Morgan fingerprint density at radius 2 is 2.31 bits per heavy atom. The fraction of sp³-hybridized carbons (Fsp3) is 0.889. The Morgan fingerprint density at radius 1 is 1.62 bits per heavy atom. The van der Waals surface area contributed by atoms with Gasteiger partial charge in [0, 0.05) is 19.2 Å². The highest BCUT2D eigenvalue weighted by Gasteiger charge is 2.28. The second kappa shape index (κ2) is 5.79. The third kappa shape index (κ3) is 4.63. The second-order valence-electron chi connectivity index (χ2n) is 4.07. The highest BCUT2D eigenvalue weighted by molar-refractivity contribution is 7.91. The van der Waals surface area contributed by atoms with E-state index < -0.39 is 9.84 Å². The molecule has 0 aromatic heterocycles. The van der Waals surface area contributed by atoms with Crippen molar-refractivity contribution in [2.24, 2.45) is 0 Å². The predicted octanol–water partition coefficient (Wildman–Crippen LogP) is -0.327. The van der Waals surface area contributed by atoms with Crippen molar-refractivity contribution < 1.29 is 13.2 Å². The number of sulfone groups is 1. The van der Waals surface area contributed by atoms with Crippen molar-refractivity contribution in [2.45, 2.75) is 25.4 Å². The van der Waals surface area contributed by atoms with E-state index in [2.05, 4.69) is 10.6 Å². The van der Waals surface area contributed by atoms with Gasteiger partial charge in [0.05, 0.1) is 18.1 Å². The zero-order valence-electron chi connectivity index (χ0n) is 9.52. The van der Waals surface area contributed by atoms with Gasteiger partial charge < -0.3 is 15.4 Å². The number of nitrogens with one attached hydrogen (secondary N) is 2. The van der Waals surface area contributed by atoms with Crippen LogP contribution in [0.4, 0.5) is 0 Å². The molecule has 0 amide bonds. The lowest BCUT2D eigenvalue weighted by Gasteiger charge is -2.18. The van der Waals surface area contributed by atoms with Crippen molar-refractivity contribution in [2.75, 3.05) is 25.2 Å². The Hall–Kier alpha value is -0.400. The molecule has 2 unspecified atom stereocenters. The molecule has 0 saturated carbocycles. The molecule has 16 heavy (non-hydrogen) atoms. The third-order valence-electron chi connectivity index (χ3n) is 2.36. The van der Waals surface area contributed by atoms with Gasteiger partial charge in [-0.25, -0.2) is 8.42 Å². The molecule has 1 fully saturated rings. The molecule has 94 valence electrons. The molecule has 1 saturated heterocycles. The maximum atomic E-state index is 11.2. The summed E-state index contributed by atoms with van der Waals surface area (Å²) in [6.45, 7) is 2.51. The van der Waals surface area contributed by atoms with Crippen LogP contribution in [0.3, 0.4) is 0 Å². The van der Waals surface area contributed by atoms with Crippen molar-refractivity contribution in [3.05, 3.63) is 0 Å². The van der Waals surface area contributed by atoms with Gasteiger partial charge in [-0.3, -0.25) is 0 Å². The first-order valence-electron chi connectivity index (χ1n) is 5.19. The van der Waals surface area contributed by atoms with E-state index in [0.29, 0.717) is 18.1 Å². The van der Waals surface area contributed by atoms with E-state index in [-0.39, 0.29) is 23.6 Å². The first-order valence-corrected chi connectivity index (χ1v) is 7.42. The summed E-state index contributed by atoms with van der Waals surface area (Å²) >= 11 is 5.08. The van der Waals surface area contributed by atoms with Crippen LogP contribution in [-0.2, 0) is 14.6 Å². The Labute approximate surface area is 102 Å². The molecule has 5 nitrogen and oxygen atoms in total. The average Bonchev–Trinajstić information content (AvgIpc) is 2.45. The monoisotopic (exact) mass is 266 g/mol. The summed E-state index contributed by atoms with van der Waals surface area (Å²) in [4.78, 5) is 0. The van der Waals surface area contributed by atoms with Crippen LogP contribution >= 0.6 is 12.2 Å². The van der Waals surface area contributed by atoms with Crippen LogP contribution in [0.25, 0.3) is 0 Å². The molecule has 0 aromatic carbocycles. The van der Waals surface area contributed by atoms with Gasteiger partial charge in [-0.2, -0.15) is 0 Å². The molecule has 1 aliphatic rings. The summed E-state index contributed by atoms with van der Waals surface area (Å²) in [5, 5.41) is 6.54. The predicted molar refractivity (Wildman–Crippen MR) is 67.3 cm³/mol. The van der Waals surface area contributed by atoms with Crippen LogP contribution in [0.15, 0.2) is 0 Å². The van der Waals surface area contributed by atoms with Crippen LogP contribution in [0.5, 0.6) is 0 Å². The summed E-state index contributed by atoms with van der Waals surface area (Å²) in [7, 11) is -1.23. The molecule has 0 bridgehead atoms. The molecule has 0 aliphatic carbocycles. The molecule has 0 aromatic rings. The Bertz CT molecular complexity index is 343. The highest BCUT2D eigenvalue weighted by Crippen LogP contribution is 2.10. The van der Waals surface area contributed by atoms with Gasteiger partial charge >= 0.3 is 0 Å². The molecule has 1 heterocycles. The first kappa shape index (κ1) is 13.7. The van der Waals surface area contributed by atoms with Gasteiger partial charge in [0.15, 0.2) is 14.9 Å². The minimum absolute atomic E-state index is 0.0558. The van der Waals surface area contributed by atoms with Crippen molar-refractivity contribution in [1.82, 2.24) is 10.6 Å². The van der Waals surface area contributed by atoms with E-state index in [4.69, 9.17) is 17.0 Å². The zero-order chi connectivity index (χ0) is 12.2. The van der Waals surface area contributed by atoms with E-state index in [1.807, 2.05) is 6.92 Å². The minimum atomic E-state index is -2.85. The molecule has 0 radical (unpaired) electrons. The van der Waals surface area contributed by atoms with Gasteiger partial charge in [0.25, 0.3) is 0 Å². The maximum Gasteiger partial charge on any atom is 0.166 e. The topological polar surface area (TPSA) is 67.4 Å². The summed E-state index contributed by atoms with van der Waals surface area (Å²) in [5.41, 5.74) is 0. The van der Waals surface area contributed by atoms with Gasteiger partial charge in [-0.05, 0) is 25.6 Å². The van der Waals surface area contributed by atoms with Gasteiger partial charge in [-0.15, -0.1) is 0 Å². The third-order valence-corrected chi connectivity index (χ3v) is 4.37. The van der Waals surface area contributed by atoms with Crippen LogP contribution in [0.2, 0.25) is 0 Å². The summed E-state index contributed by atoms with van der Waals surface area (Å²) < 4.78 is 27.4. The minimum Gasteiger partial charge on any atom is -0.383 e. The summed E-state index contributed by atoms with van der Waals surface area (Å²) in [5.74, 6) is 0.425. The van der Waals surface area contributed by atoms with E-state index in [1.54, 1.807) is 7.11 Å². The summed E-state index contributed by atoms with van der Waals surface area (Å²) in [6.07, 6.45) is 0.628. The largest absolute Gasteiger partial charge is 0.383 e. The van der Waals surface area contributed by atoms with E-state index in [1.165, 1.54) is 0 Å². The number of ether oxygens (including phenoxy) is 1. The smallest absolute Gasteiger partial charge is 0.166 e. The number of methoxy groups -OCH3 is 1. The van der Waals surface area contributed by atoms with Crippen LogP contribution in [0.1, 0.15) is 13.3 Å². The van der Waals surface area contributed by atoms with Gasteiger partial charge in [-0.1, -0.05) is 0 Å². The number of rotatable bonds is 4. The van der Waals surface area contributed by atoms with Gasteiger partial charge in [0.1, 0.15) is 0 Å². The van der Waals surface area contributed by atoms with Gasteiger partial charge in [0.2, 0.25) is 0 Å². The first-order chi connectivity index (χ1) is 7.43. The lowest BCUT2D eigenvalue weighted by molar-refractivity contribution is 0.179. The van der Waals surface area contributed by atoms with Crippen LogP contribution in [0, 0.1) is 0 Å². The average molecular weight is 266 g/mol. The van der Waals surface area contributed by atoms with E-state index in [0.717, 1.165) is 0 Å². The number of hydrogen-bond donors (Lipinski definition) is 2. The fourth-order valence-electron chi connectivity index (χ4n) is 1.65. The zero-order valence-corrected chi connectivity index (χ0v) is 11.2. The van der Waals surface area contributed by atoms with E-state index >= 15 is 0 Å². The molecule has 7 heteroatoms. The maximum absolute atomic E-state index is 11.2. The lowest BCUT2D eigenvalue weighted by Crippen LogP contribution is -2.46. The van der Waals surface area contributed by atoms with E-state index in [9.17, 15) is 8.42 Å².